The fourth-order valence-electron chi connectivity index (χ4n) is 3.13. The maximum absolute atomic E-state index is 12.9. The van der Waals surface area contributed by atoms with Crippen molar-refractivity contribution in [3.63, 3.8) is 0 Å². The topological polar surface area (TPSA) is 77.2 Å². The standard InChI is InChI=1S/C18H22FN3O2S.2ClH/c1-12-16(17(23)22-18(11-20)8-2-3-9-18)25-15(21-12)10-24-14-6-4-13(19)5-7-14;;/h4-7H,2-3,8-11,20H2,1H3,(H,22,23);2*1H. The number of nitrogens with one attached hydrogen (secondary N) is 1. The first-order valence-electron chi connectivity index (χ1n) is 8.39. The third-order valence-electron chi connectivity index (χ3n) is 4.55. The van der Waals surface area contributed by atoms with Crippen LogP contribution in [0, 0.1) is 12.7 Å². The average Bonchev–Trinajstić information content (AvgIpc) is 3.21. The first kappa shape index (κ1) is 23.6. The second-order valence-corrected chi connectivity index (χ2v) is 7.49. The molecule has 0 spiro atoms. The molecule has 1 saturated carbocycles. The molecule has 1 amide bonds. The Morgan fingerprint density at radius 3 is 2.52 bits per heavy atom. The van der Waals surface area contributed by atoms with E-state index in [1.807, 2.05) is 6.92 Å². The molecule has 0 atom stereocenters. The number of ether oxygens (including phenoxy) is 1. The lowest BCUT2D eigenvalue weighted by atomic mass is 9.98. The highest BCUT2D eigenvalue weighted by molar-refractivity contribution is 7.13. The highest BCUT2D eigenvalue weighted by atomic mass is 35.5. The van der Waals surface area contributed by atoms with Crippen molar-refractivity contribution in [3.8, 4) is 5.75 Å². The molecule has 1 heterocycles. The number of carbonyl (C=O) groups excluding carboxylic acids is 1. The Morgan fingerprint density at radius 2 is 1.93 bits per heavy atom. The van der Waals surface area contributed by atoms with E-state index in [-0.39, 0.29) is 48.7 Å². The lowest BCUT2D eigenvalue weighted by Gasteiger charge is -2.28. The number of nitrogens with two attached hydrogens (primary N) is 1. The van der Waals surface area contributed by atoms with Gasteiger partial charge in [-0.2, -0.15) is 0 Å². The Bertz CT molecular complexity index is 750. The van der Waals surface area contributed by atoms with Crippen LogP contribution in [0.4, 0.5) is 4.39 Å². The van der Waals surface area contributed by atoms with Gasteiger partial charge in [0, 0.05) is 6.54 Å². The molecule has 1 aromatic carbocycles. The summed E-state index contributed by atoms with van der Waals surface area (Å²) in [6.45, 7) is 2.51. The summed E-state index contributed by atoms with van der Waals surface area (Å²) < 4.78 is 18.5. The van der Waals surface area contributed by atoms with E-state index in [0.717, 1.165) is 25.7 Å². The van der Waals surface area contributed by atoms with Gasteiger partial charge in [-0.3, -0.25) is 4.79 Å². The third-order valence-corrected chi connectivity index (χ3v) is 5.68. The quantitative estimate of drug-likeness (QED) is 0.717. The first-order valence-corrected chi connectivity index (χ1v) is 9.20. The fourth-order valence-corrected chi connectivity index (χ4v) is 4.00. The third kappa shape index (κ3) is 5.78. The van der Waals surface area contributed by atoms with Gasteiger partial charge in [0.15, 0.2) is 0 Å². The summed E-state index contributed by atoms with van der Waals surface area (Å²) in [5, 5.41) is 3.83. The number of nitrogens with zero attached hydrogens (tertiary/aromatic N) is 1. The molecule has 9 heteroatoms. The monoisotopic (exact) mass is 435 g/mol. The predicted octanol–water partition coefficient (Wildman–Crippen LogP) is 4.01. The van der Waals surface area contributed by atoms with Crippen LogP contribution in [-0.4, -0.2) is 23.0 Å². The van der Waals surface area contributed by atoms with Gasteiger partial charge in [0.2, 0.25) is 0 Å². The van der Waals surface area contributed by atoms with Crippen LogP contribution in [0.5, 0.6) is 5.75 Å². The number of benzene rings is 1. The summed E-state index contributed by atoms with van der Waals surface area (Å²) in [5.74, 6) is 0.140. The van der Waals surface area contributed by atoms with Gasteiger partial charge in [0.05, 0.1) is 11.2 Å². The van der Waals surface area contributed by atoms with Crippen molar-refractivity contribution in [1.29, 1.82) is 0 Å². The highest BCUT2D eigenvalue weighted by Crippen LogP contribution is 2.30. The van der Waals surface area contributed by atoms with Crippen LogP contribution >= 0.6 is 36.2 Å². The number of rotatable bonds is 6. The van der Waals surface area contributed by atoms with Crippen molar-refractivity contribution in [1.82, 2.24) is 10.3 Å². The Hall–Kier alpha value is -1.41. The Balaban J connectivity index is 0.00000182. The fraction of sp³-hybridized carbons (Fsp3) is 0.444. The molecule has 3 N–H and O–H groups in total. The molecule has 0 bridgehead atoms. The second kappa shape index (κ2) is 10.2. The second-order valence-electron chi connectivity index (χ2n) is 6.41. The number of hydrogen-bond donors (Lipinski definition) is 2. The zero-order valence-corrected chi connectivity index (χ0v) is 17.4. The summed E-state index contributed by atoms with van der Waals surface area (Å²) in [7, 11) is 0. The van der Waals surface area contributed by atoms with E-state index in [1.54, 1.807) is 12.1 Å². The van der Waals surface area contributed by atoms with Crippen molar-refractivity contribution in [3.05, 3.63) is 45.7 Å². The molecule has 0 unspecified atom stereocenters. The zero-order valence-electron chi connectivity index (χ0n) is 15.0. The van der Waals surface area contributed by atoms with E-state index in [2.05, 4.69) is 10.3 Å². The van der Waals surface area contributed by atoms with Gasteiger partial charge in [0.1, 0.15) is 28.1 Å². The van der Waals surface area contributed by atoms with E-state index in [1.165, 1.54) is 23.5 Å². The van der Waals surface area contributed by atoms with Gasteiger partial charge in [-0.1, -0.05) is 12.8 Å². The molecule has 2 aromatic rings. The van der Waals surface area contributed by atoms with Gasteiger partial charge in [0.25, 0.3) is 5.91 Å². The van der Waals surface area contributed by atoms with Crippen molar-refractivity contribution >= 4 is 42.1 Å². The van der Waals surface area contributed by atoms with Crippen molar-refractivity contribution in [2.24, 2.45) is 5.73 Å². The van der Waals surface area contributed by atoms with Gasteiger partial charge in [-0.25, -0.2) is 9.37 Å². The van der Waals surface area contributed by atoms with Crippen LogP contribution in [0.25, 0.3) is 0 Å². The van der Waals surface area contributed by atoms with Crippen LogP contribution in [0.15, 0.2) is 24.3 Å². The van der Waals surface area contributed by atoms with Crippen molar-refractivity contribution < 1.29 is 13.9 Å². The zero-order chi connectivity index (χ0) is 17.9. The number of halogens is 3. The number of thiazole rings is 1. The molecular formula is C18H24Cl2FN3O2S. The molecule has 0 aliphatic heterocycles. The minimum Gasteiger partial charge on any atom is -0.486 e. The maximum atomic E-state index is 12.9. The highest BCUT2D eigenvalue weighted by Gasteiger charge is 2.34. The molecule has 27 heavy (non-hydrogen) atoms. The molecule has 0 saturated heterocycles. The molecule has 0 radical (unpaired) electrons. The van der Waals surface area contributed by atoms with Crippen LogP contribution in [0.3, 0.4) is 0 Å². The summed E-state index contributed by atoms with van der Waals surface area (Å²) in [6, 6.07) is 5.81. The van der Waals surface area contributed by atoms with E-state index in [9.17, 15) is 9.18 Å². The smallest absolute Gasteiger partial charge is 0.263 e. The Labute approximate surface area is 174 Å². The number of aryl methyl sites for hydroxylation is 1. The van der Waals surface area contributed by atoms with Crippen LogP contribution < -0.4 is 15.8 Å². The molecule has 1 fully saturated rings. The first-order chi connectivity index (χ1) is 12.0. The summed E-state index contributed by atoms with van der Waals surface area (Å²) in [6.07, 6.45) is 4.03. The van der Waals surface area contributed by atoms with Crippen LogP contribution in [0.2, 0.25) is 0 Å². The molecule has 1 aliphatic rings. The minimum atomic E-state index is -0.308. The molecule has 1 aliphatic carbocycles. The molecule has 3 rings (SSSR count). The Kier molecular flexibility index (Phi) is 8.94. The SMILES string of the molecule is Cc1nc(COc2ccc(F)cc2)sc1C(=O)NC1(CN)CCCC1.Cl.Cl. The van der Waals surface area contributed by atoms with E-state index < -0.39 is 0 Å². The minimum absolute atomic E-state index is 0. The van der Waals surface area contributed by atoms with Gasteiger partial charge in [-0.05, 0) is 44.0 Å². The number of carbonyl (C=O) groups is 1. The molecule has 5 nitrogen and oxygen atoms in total. The maximum Gasteiger partial charge on any atom is 0.263 e. The normalized spacial score (nSPS) is 14.8. The van der Waals surface area contributed by atoms with Crippen LogP contribution in [0.1, 0.15) is 46.1 Å². The summed E-state index contributed by atoms with van der Waals surface area (Å²) >= 11 is 1.32. The summed E-state index contributed by atoms with van der Waals surface area (Å²) in [4.78, 5) is 17.6. The van der Waals surface area contributed by atoms with Gasteiger partial charge >= 0.3 is 0 Å². The summed E-state index contributed by atoms with van der Waals surface area (Å²) in [5.41, 5.74) is 6.29. The van der Waals surface area contributed by atoms with Crippen molar-refractivity contribution in [2.75, 3.05) is 6.54 Å². The van der Waals surface area contributed by atoms with E-state index in [0.29, 0.717) is 27.9 Å². The molecule has 1 aromatic heterocycles. The lowest BCUT2D eigenvalue weighted by molar-refractivity contribution is 0.0906. The predicted molar refractivity (Wildman–Crippen MR) is 110 cm³/mol. The van der Waals surface area contributed by atoms with Gasteiger partial charge in [-0.15, -0.1) is 36.2 Å². The van der Waals surface area contributed by atoms with E-state index in [4.69, 9.17) is 10.5 Å². The van der Waals surface area contributed by atoms with Gasteiger partial charge < -0.3 is 15.8 Å². The number of amides is 1. The Morgan fingerprint density at radius 1 is 1.30 bits per heavy atom. The number of hydrogen-bond acceptors (Lipinski definition) is 5. The lowest BCUT2D eigenvalue weighted by Crippen LogP contribution is -2.51. The molecule has 150 valence electrons. The van der Waals surface area contributed by atoms with Crippen LogP contribution in [-0.2, 0) is 6.61 Å². The largest absolute Gasteiger partial charge is 0.486 e. The average molecular weight is 436 g/mol. The van der Waals surface area contributed by atoms with E-state index >= 15 is 0 Å². The van der Waals surface area contributed by atoms with Crippen molar-refractivity contribution in [2.45, 2.75) is 44.8 Å². The number of aromatic nitrogens is 1. The molecular weight excluding hydrogens is 412 g/mol.